The average Bonchev–Trinajstić information content (AvgIpc) is 2.62. The third-order valence-electron chi connectivity index (χ3n) is 5.14. The maximum Gasteiger partial charge on any atom is 0.336 e. The summed E-state index contributed by atoms with van der Waals surface area (Å²) in [5.74, 6) is 1.58. The molecule has 2 fully saturated rings. The average molecular weight is 338 g/mol. The second-order valence-electron chi connectivity index (χ2n) is 6.37. The van der Waals surface area contributed by atoms with Gasteiger partial charge in [0.1, 0.15) is 0 Å². The standard InChI is InChI=1S/C15H20ClN5O2/c16-13-11-9-1-3-10(4-2-9)12(11)14(18-17-13)19-20-15(22)21-5-7-23-8-6-21/h9-10H,1-8H2,(H,18,19)(H,20,22). The van der Waals surface area contributed by atoms with Crippen LogP contribution in [0.4, 0.5) is 10.6 Å². The molecule has 0 atom stereocenters. The lowest BCUT2D eigenvalue weighted by molar-refractivity contribution is 0.0536. The first-order chi connectivity index (χ1) is 11.2. The van der Waals surface area contributed by atoms with Gasteiger partial charge in [0.05, 0.1) is 13.2 Å². The Bertz CT molecular complexity index is 612. The zero-order valence-electron chi connectivity index (χ0n) is 12.8. The van der Waals surface area contributed by atoms with Crippen LogP contribution in [0.25, 0.3) is 0 Å². The molecule has 1 saturated heterocycles. The van der Waals surface area contributed by atoms with Gasteiger partial charge in [0.25, 0.3) is 0 Å². The third kappa shape index (κ3) is 2.72. The van der Waals surface area contributed by atoms with Crippen molar-refractivity contribution in [2.75, 3.05) is 31.7 Å². The fraction of sp³-hybridized carbons (Fsp3) is 0.667. The SMILES string of the molecule is O=C(NNc1nnc(Cl)c2c1C1CCC2CC1)N1CCOCC1. The van der Waals surface area contributed by atoms with Crippen molar-refractivity contribution in [2.45, 2.75) is 37.5 Å². The predicted octanol–water partition coefficient (Wildman–Crippen LogP) is 2.25. The lowest BCUT2D eigenvalue weighted by atomic mass is 9.67. The Morgan fingerprint density at radius 2 is 1.74 bits per heavy atom. The van der Waals surface area contributed by atoms with Gasteiger partial charge in [-0.15, -0.1) is 10.2 Å². The van der Waals surface area contributed by atoms with Crippen molar-refractivity contribution in [3.8, 4) is 0 Å². The molecule has 0 unspecified atom stereocenters. The Morgan fingerprint density at radius 3 is 2.43 bits per heavy atom. The highest BCUT2D eigenvalue weighted by Crippen LogP contribution is 2.52. The van der Waals surface area contributed by atoms with E-state index in [4.69, 9.17) is 16.3 Å². The molecule has 2 N–H and O–H groups in total. The molecule has 1 aliphatic heterocycles. The predicted molar refractivity (Wildman–Crippen MR) is 85.5 cm³/mol. The number of urea groups is 1. The van der Waals surface area contributed by atoms with Crippen molar-refractivity contribution < 1.29 is 9.53 Å². The number of aromatic nitrogens is 2. The summed E-state index contributed by atoms with van der Waals surface area (Å²) < 4.78 is 5.25. The number of carbonyl (C=O) groups is 1. The van der Waals surface area contributed by atoms with E-state index in [1.54, 1.807) is 4.90 Å². The van der Waals surface area contributed by atoms with Gasteiger partial charge in [0.15, 0.2) is 11.0 Å². The zero-order chi connectivity index (χ0) is 15.8. The lowest BCUT2D eigenvalue weighted by Gasteiger charge is -2.39. The molecule has 0 radical (unpaired) electrons. The van der Waals surface area contributed by atoms with Crippen LogP contribution in [0.2, 0.25) is 5.15 Å². The highest BCUT2D eigenvalue weighted by Gasteiger charge is 2.37. The Hall–Kier alpha value is -1.60. The van der Waals surface area contributed by atoms with Crippen molar-refractivity contribution in [2.24, 2.45) is 0 Å². The molecule has 1 aromatic heterocycles. The van der Waals surface area contributed by atoms with Gasteiger partial charge in [0.2, 0.25) is 0 Å². The number of hydrogen-bond donors (Lipinski definition) is 2. The number of ether oxygens (including phenoxy) is 1. The first-order valence-corrected chi connectivity index (χ1v) is 8.56. The van der Waals surface area contributed by atoms with E-state index in [1.807, 2.05) is 0 Å². The van der Waals surface area contributed by atoms with Crippen LogP contribution in [0, 0.1) is 0 Å². The molecular weight excluding hydrogens is 318 g/mol. The molecule has 2 amide bonds. The Balaban J connectivity index is 1.52. The van der Waals surface area contributed by atoms with Crippen LogP contribution in [0.15, 0.2) is 0 Å². The summed E-state index contributed by atoms with van der Waals surface area (Å²) in [5.41, 5.74) is 7.98. The summed E-state index contributed by atoms with van der Waals surface area (Å²) in [6.07, 6.45) is 4.66. The first-order valence-electron chi connectivity index (χ1n) is 8.18. The normalized spacial score (nSPS) is 25.9. The first kappa shape index (κ1) is 15.0. The van der Waals surface area contributed by atoms with Gasteiger partial charge in [0, 0.05) is 24.2 Å². The highest BCUT2D eigenvalue weighted by atomic mass is 35.5. The summed E-state index contributed by atoms with van der Waals surface area (Å²) in [5, 5.41) is 8.76. The number of rotatable bonds is 2. The number of fused-ring (bicyclic) bond motifs is 2. The van der Waals surface area contributed by atoms with Crippen molar-refractivity contribution >= 4 is 23.4 Å². The Labute approximate surface area is 139 Å². The molecule has 2 bridgehead atoms. The van der Waals surface area contributed by atoms with E-state index in [9.17, 15) is 4.79 Å². The monoisotopic (exact) mass is 337 g/mol. The van der Waals surface area contributed by atoms with Gasteiger partial charge in [-0.2, -0.15) is 0 Å². The molecule has 4 aliphatic rings. The summed E-state index contributed by atoms with van der Waals surface area (Å²) in [6, 6.07) is -0.167. The Morgan fingerprint density at radius 1 is 1.09 bits per heavy atom. The van der Waals surface area contributed by atoms with Crippen molar-refractivity contribution in [1.29, 1.82) is 0 Å². The number of morpholine rings is 1. The molecule has 1 saturated carbocycles. The third-order valence-corrected chi connectivity index (χ3v) is 5.41. The second kappa shape index (κ2) is 6.13. The van der Waals surface area contributed by atoms with Crippen molar-refractivity contribution in [3.05, 3.63) is 16.3 Å². The van der Waals surface area contributed by atoms with E-state index in [0.29, 0.717) is 49.1 Å². The summed E-state index contributed by atoms with van der Waals surface area (Å²) >= 11 is 6.28. The number of nitrogens with one attached hydrogen (secondary N) is 2. The summed E-state index contributed by atoms with van der Waals surface area (Å²) in [6.45, 7) is 2.35. The van der Waals surface area contributed by atoms with E-state index in [-0.39, 0.29) is 6.03 Å². The number of hydrazine groups is 1. The van der Waals surface area contributed by atoms with E-state index in [0.717, 1.165) is 24.0 Å². The van der Waals surface area contributed by atoms with Crippen LogP contribution >= 0.6 is 11.6 Å². The largest absolute Gasteiger partial charge is 0.378 e. The molecule has 124 valence electrons. The van der Waals surface area contributed by atoms with Gasteiger partial charge in [-0.3, -0.25) is 10.9 Å². The zero-order valence-corrected chi connectivity index (χ0v) is 13.6. The maximum absolute atomic E-state index is 12.2. The minimum atomic E-state index is -0.167. The smallest absolute Gasteiger partial charge is 0.336 e. The molecule has 7 nitrogen and oxygen atoms in total. The molecule has 5 rings (SSSR count). The number of anilines is 1. The minimum Gasteiger partial charge on any atom is -0.378 e. The summed E-state index contributed by atoms with van der Waals surface area (Å²) in [4.78, 5) is 13.9. The van der Waals surface area contributed by atoms with Crippen LogP contribution < -0.4 is 10.9 Å². The van der Waals surface area contributed by atoms with Gasteiger partial charge >= 0.3 is 6.03 Å². The lowest BCUT2D eigenvalue weighted by Crippen LogP contribution is -2.48. The van der Waals surface area contributed by atoms with E-state index in [1.165, 1.54) is 12.8 Å². The van der Waals surface area contributed by atoms with Crippen molar-refractivity contribution in [3.63, 3.8) is 0 Å². The molecule has 0 spiro atoms. The molecule has 3 aliphatic carbocycles. The van der Waals surface area contributed by atoms with Crippen LogP contribution in [0.3, 0.4) is 0 Å². The van der Waals surface area contributed by atoms with E-state index >= 15 is 0 Å². The van der Waals surface area contributed by atoms with Gasteiger partial charge < -0.3 is 9.64 Å². The molecular formula is C15H20ClN5O2. The number of carbonyl (C=O) groups excluding carboxylic acids is 1. The second-order valence-corrected chi connectivity index (χ2v) is 6.73. The topological polar surface area (TPSA) is 79.4 Å². The quantitative estimate of drug-likeness (QED) is 0.809. The molecule has 2 heterocycles. The van der Waals surface area contributed by atoms with Crippen molar-refractivity contribution in [1.82, 2.24) is 20.5 Å². The van der Waals surface area contributed by atoms with Gasteiger partial charge in [-0.05, 0) is 37.5 Å². The maximum atomic E-state index is 12.2. The Kier molecular flexibility index (Phi) is 3.98. The number of halogens is 1. The fourth-order valence-electron chi connectivity index (χ4n) is 3.96. The molecule has 8 heteroatoms. The number of amides is 2. The summed E-state index contributed by atoms with van der Waals surface area (Å²) in [7, 11) is 0. The number of hydrogen-bond acceptors (Lipinski definition) is 5. The highest BCUT2D eigenvalue weighted by molar-refractivity contribution is 6.30. The van der Waals surface area contributed by atoms with Gasteiger partial charge in [-0.25, -0.2) is 4.79 Å². The van der Waals surface area contributed by atoms with Crippen LogP contribution in [-0.4, -0.2) is 47.4 Å². The molecule has 1 aromatic rings. The van der Waals surface area contributed by atoms with E-state index in [2.05, 4.69) is 21.0 Å². The van der Waals surface area contributed by atoms with Gasteiger partial charge in [-0.1, -0.05) is 11.6 Å². The fourth-order valence-corrected chi connectivity index (χ4v) is 4.26. The van der Waals surface area contributed by atoms with E-state index < -0.39 is 0 Å². The minimum absolute atomic E-state index is 0.167. The van der Waals surface area contributed by atoms with Crippen LogP contribution in [0.5, 0.6) is 0 Å². The van der Waals surface area contributed by atoms with Crippen LogP contribution in [0.1, 0.15) is 48.6 Å². The molecule has 23 heavy (non-hydrogen) atoms. The number of nitrogens with zero attached hydrogens (tertiary/aromatic N) is 3. The van der Waals surface area contributed by atoms with Crippen LogP contribution in [-0.2, 0) is 4.74 Å². The molecule has 0 aromatic carbocycles.